The number of nitrogens with one attached hydrogen (secondary N) is 2. The van der Waals surface area contributed by atoms with Crippen LogP contribution in [0, 0.1) is 6.92 Å². The molecule has 0 radical (unpaired) electrons. The van der Waals surface area contributed by atoms with Crippen molar-refractivity contribution in [3.05, 3.63) is 40.9 Å². The van der Waals surface area contributed by atoms with Crippen LogP contribution in [-0.2, 0) is 13.6 Å². The minimum Gasteiger partial charge on any atom is -0.356 e. The van der Waals surface area contributed by atoms with Gasteiger partial charge in [0, 0.05) is 35.8 Å². The fraction of sp³-hybridized carbons (Fsp3) is 0.500. The molecular weight excluding hydrogens is 527 g/mol. The summed E-state index contributed by atoms with van der Waals surface area (Å²) < 4.78 is 1.96. The maximum Gasteiger partial charge on any atom is 0.191 e. The summed E-state index contributed by atoms with van der Waals surface area (Å²) >= 11 is 9.57. The van der Waals surface area contributed by atoms with Gasteiger partial charge in [0.25, 0.3) is 0 Å². The predicted molar refractivity (Wildman–Crippen MR) is 133 cm³/mol. The number of rotatable bonds is 10. The molecule has 2 N–H and O–H groups in total. The van der Waals surface area contributed by atoms with E-state index < -0.39 is 0 Å². The second-order valence-corrected chi connectivity index (χ2v) is 8.48. The number of aliphatic imine (C=N–C) groups is 1. The molecule has 2 rings (SSSR count). The van der Waals surface area contributed by atoms with Crippen molar-refractivity contribution in [1.29, 1.82) is 0 Å². The van der Waals surface area contributed by atoms with Crippen LogP contribution in [-0.4, -0.2) is 51.6 Å². The molecule has 1 aromatic heterocycles. The average Bonchev–Trinajstić information content (AvgIpc) is 2.99. The lowest BCUT2D eigenvalue weighted by molar-refractivity contribution is 0.752. The smallest absolute Gasteiger partial charge is 0.191 e. The third-order valence-electron chi connectivity index (χ3n) is 3.86. The second kappa shape index (κ2) is 14.4. The largest absolute Gasteiger partial charge is 0.356 e. The molecule has 0 aliphatic heterocycles. The molecule has 0 saturated heterocycles. The van der Waals surface area contributed by atoms with E-state index in [0.29, 0.717) is 6.54 Å². The van der Waals surface area contributed by atoms with Crippen LogP contribution >= 0.6 is 59.1 Å². The molecule has 6 nitrogen and oxygen atoms in total. The van der Waals surface area contributed by atoms with Crippen molar-refractivity contribution in [2.45, 2.75) is 24.8 Å². The van der Waals surface area contributed by atoms with Gasteiger partial charge in [0.05, 0.1) is 0 Å². The number of guanidine groups is 1. The molecule has 0 atom stereocenters. The van der Waals surface area contributed by atoms with Crippen molar-refractivity contribution in [3.8, 4) is 0 Å². The van der Waals surface area contributed by atoms with Crippen LogP contribution in [0.4, 0.5) is 0 Å². The molecule has 10 heteroatoms. The van der Waals surface area contributed by atoms with Crippen LogP contribution in [0.25, 0.3) is 0 Å². The first kappa shape index (κ1) is 25.4. The number of hydrogen-bond acceptors (Lipinski definition) is 5. The van der Waals surface area contributed by atoms with Crippen LogP contribution in [0.15, 0.2) is 34.2 Å². The minimum absolute atomic E-state index is 0. The molecule has 0 unspecified atom stereocenters. The highest BCUT2D eigenvalue weighted by atomic mass is 127. The molecule has 0 aliphatic carbocycles. The lowest BCUT2D eigenvalue weighted by atomic mass is 10.4. The number of aromatic nitrogens is 3. The quantitative estimate of drug-likeness (QED) is 0.152. The highest BCUT2D eigenvalue weighted by Crippen LogP contribution is 2.19. The monoisotopic (exact) mass is 554 g/mol. The third kappa shape index (κ3) is 9.23. The van der Waals surface area contributed by atoms with E-state index >= 15 is 0 Å². The first-order chi connectivity index (χ1) is 13.1. The molecule has 0 fully saturated rings. The molecule has 1 heterocycles. The minimum atomic E-state index is 0. The van der Waals surface area contributed by atoms with Crippen molar-refractivity contribution < 1.29 is 0 Å². The first-order valence-corrected chi connectivity index (χ1v) is 11.6. The Labute approximate surface area is 198 Å². The molecule has 2 aromatic rings. The molecule has 156 valence electrons. The summed E-state index contributed by atoms with van der Waals surface area (Å²) in [5, 5.41) is 15.8. The number of halogens is 2. The fourth-order valence-electron chi connectivity index (χ4n) is 2.21. The SMILES string of the molecule is CSCCCNC(=NCc1nnc(C)n1C)NCCSc1ccc(Cl)cc1.I. The van der Waals surface area contributed by atoms with Crippen molar-refractivity contribution in [2.24, 2.45) is 12.0 Å². The fourth-order valence-corrected chi connectivity index (χ4v) is 3.53. The highest BCUT2D eigenvalue weighted by molar-refractivity contribution is 14.0. The molecule has 28 heavy (non-hydrogen) atoms. The van der Waals surface area contributed by atoms with Gasteiger partial charge in [0.15, 0.2) is 11.8 Å². The van der Waals surface area contributed by atoms with Gasteiger partial charge in [0.2, 0.25) is 0 Å². The first-order valence-electron chi connectivity index (χ1n) is 8.84. The number of benzene rings is 1. The van der Waals surface area contributed by atoms with Gasteiger partial charge >= 0.3 is 0 Å². The lowest BCUT2D eigenvalue weighted by Crippen LogP contribution is -2.39. The number of nitrogens with zero attached hydrogens (tertiary/aromatic N) is 4. The van der Waals surface area contributed by atoms with Crippen LogP contribution in [0.2, 0.25) is 5.02 Å². The Morgan fingerprint density at radius 2 is 1.86 bits per heavy atom. The standard InChI is InChI=1S/C18H27ClN6S2.HI/c1-14-23-24-17(25(14)2)13-22-18(20-9-4-11-26-3)21-10-12-27-16-7-5-15(19)6-8-16;/h5-8H,4,9-13H2,1-3H3,(H2,20,21,22);1H. The normalized spacial score (nSPS) is 11.2. The Hall–Kier alpha value is -0.650. The van der Waals surface area contributed by atoms with Crippen LogP contribution in [0.5, 0.6) is 0 Å². The zero-order chi connectivity index (χ0) is 19.5. The van der Waals surface area contributed by atoms with Gasteiger partial charge in [-0.1, -0.05) is 11.6 Å². The highest BCUT2D eigenvalue weighted by Gasteiger charge is 2.05. The van der Waals surface area contributed by atoms with E-state index in [0.717, 1.165) is 53.6 Å². The maximum atomic E-state index is 5.92. The van der Waals surface area contributed by atoms with Crippen molar-refractivity contribution in [3.63, 3.8) is 0 Å². The summed E-state index contributed by atoms with van der Waals surface area (Å²) in [7, 11) is 1.96. The summed E-state index contributed by atoms with van der Waals surface area (Å²) in [6, 6.07) is 7.92. The molecule has 0 spiro atoms. The lowest BCUT2D eigenvalue weighted by Gasteiger charge is -2.12. The van der Waals surface area contributed by atoms with Gasteiger partial charge in [-0.2, -0.15) is 11.8 Å². The second-order valence-electron chi connectivity index (χ2n) is 5.89. The molecule has 1 aromatic carbocycles. The van der Waals surface area contributed by atoms with E-state index in [9.17, 15) is 0 Å². The van der Waals surface area contributed by atoms with E-state index in [4.69, 9.17) is 11.6 Å². The van der Waals surface area contributed by atoms with Gasteiger partial charge in [-0.15, -0.1) is 45.9 Å². The topological polar surface area (TPSA) is 67.1 Å². The zero-order valence-electron chi connectivity index (χ0n) is 16.4. The molecule has 0 amide bonds. The van der Waals surface area contributed by atoms with Crippen LogP contribution in [0.1, 0.15) is 18.1 Å². The Balaban J connectivity index is 0.00000392. The van der Waals surface area contributed by atoms with E-state index in [1.54, 1.807) is 11.8 Å². The summed E-state index contributed by atoms with van der Waals surface area (Å²) in [6.07, 6.45) is 3.22. The number of aryl methyl sites for hydroxylation is 1. The Kier molecular flexibility index (Phi) is 13.0. The van der Waals surface area contributed by atoms with E-state index in [-0.39, 0.29) is 24.0 Å². The Morgan fingerprint density at radius 3 is 2.50 bits per heavy atom. The zero-order valence-corrected chi connectivity index (χ0v) is 21.2. The van der Waals surface area contributed by atoms with E-state index in [1.165, 1.54) is 4.90 Å². The maximum absolute atomic E-state index is 5.92. The van der Waals surface area contributed by atoms with Crippen molar-refractivity contribution in [1.82, 2.24) is 25.4 Å². The molecule has 0 bridgehead atoms. The predicted octanol–water partition coefficient (Wildman–Crippen LogP) is 3.98. The number of thioether (sulfide) groups is 2. The van der Waals surface area contributed by atoms with E-state index in [2.05, 4.69) is 32.1 Å². The Bertz CT molecular complexity index is 723. The summed E-state index contributed by atoms with van der Waals surface area (Å²) in [5.41, 5.74) is 0. The van der Waals surface area contributed by atoms with Gasteiger partial charge in [-0.3, -0.25) is 0 Å². The van der Waals surface area contributed by atoms with Crippen LogP contribution in [0.3, 0.4) is 0 Å². The molecular formula is C18H28ClIN6S2. The molecule has 0 aliphatic rings. The van der Waals surface area contributed by atoms with Gasteiger partial charge < -0.3 is 15.2 Å². The summed E-state index contributed by atoms with van der Waals surface area (Å²) in [5.74, 6) is 4.63. The Morgan fingerprint density at radius 1 is 1.14 bits per heavy atom. The van der Waals surface area contributed by atoms with Crippen molar-refractivity contribution >= 4 is 65.1 Å². The van der Waals surface area contributed by atoms with Gasteiger partial charge in [-0.25, -0.2) is 4.99 Å². The van der Waals surface area contributed by atoms with Crippen molar-refractivity contribution in [2.75, 3.05) is 30.9 Å². The average molecular weight is 555 g/mol. The van der Waals surface area contributed by atoms with E-state index in [1.807, 2.05) is 54.6 Å². The summed E-state index contributed by atoms with van der Waals surface area (Å²) in [6.45, 7) is 4.15. The van der Waals surface area contributed by atoms with Crippen LogP contribution < -0.4 is 10.6 Å². The third-order valence-corrected chi connectivity index (χ3v) is 5.82. The summed E-state index contributed by atoms with van der Waals surface area (Å²) in [4.78, 5) is 5.87. The molecule has 0 saturated carbocycles. The number of hydrogen-bond donors (Lipinski definition) is 2. The van der Waals surface area contributed by atoms with Gasteiger partial charge in [0.1, 0.15) is 12.4 Å². The van der Waals surface area contributed by atoms with Gasteiger partial charge in [-0.05, 0) is 49.6 Å².